The number of fused-ring (bicyclic) bond motifs is 4. The minimum Gasteiger partial charge on any atom is -0.355 e. The van der Waals surface area contributed by atoms with Crippen molar-refractivity contribution < 1.29 is 9.59 Å². The van der Waals surface area contributed by atoms with Gasteiger partial charge in [0.25, 0.3) is 5.91 Å². The molecule has 3 fully saturated rings. The number of rotatable bonds is 5. The van der Waals surface area contributed by atoms with Crippen LogP contribution in [0, 0.1) is 23.2 Å². The third-order valence-electron chi connectivity index (χ3n) is 7.02. The molecule has 2 amide bonds. The maximum Gasteiger partial charge on any atom is 0.255 e. The Balaban J connectivity index is 1.50. The molecule has 30 heavy (non-hydrogen) atoms. The van der Waals surface area contributed by atoms with E-state index >= 15 is 0 Å². The Labute approximate surface area is 178 Å². The van der Waals surface area contributed by atoms with Crippen LogP contribution in [0.15, 0.2) is 18.3 Å². The first kappa shape index (κ1) is 20.8. The van der Waals surface area contributed by atoms with E-state index in [1.807, 2.05) is 17.9 Å². The van der Waals surface area contributed by atoms with Gasteiger partial charge in [-0.05, 0) is 56.2 Å². The normalized spacial score (nSPS) is 28.3. The van der Waals surface area contributed by atoms with Crippen molar-refractivity contribution in [2.45, 2.75) is 57.5 Å². The van der Waals surface area contributed by atoms with Crippen molar-refractivity contribution in [1.82, 2.24) is 20.1 Å². The van der Waals surface area contributed by atoms with Crippen LogP contribution in [0.4, 0.5) is 0 Å². The van der Waals surface area contributed by atoms with Crippen molar-refractivity contribution >= 4 is 11.8 Å². The van der Waals surface area contributed by atoms with Crippen molar-refractivity contribution in [2.75, 3.05) is 26.2 Å². The van der Waals surface area contributed by atoms with Crippen LogP contribution in [0.1, 0.15) is 61.5 Å². The quantitative estimate of drug-likeness (QED) is 0.805. The van der Waals surface area contributed by atoms with E-state index < -0.39 is 0 Å². The van der Waals surface area contributed by atoms with Gasteiger partial charge in [-0.25, -0.2) is 4.98 Å². The Morgan fingerprint density at radius 3 is 2.83 bits per heavy atom. The predicted octanol–water partition coefficient (Wildman–Crippen LogP) is 2.18. The lowest BCUT2D eigenvalue weighted by atomic mass is 9.72. The first-order valence-corrected chi connectivity index (χ1v) is 11.3. The molecule has 160 valence electrons. The average molecular weight is 410 g/mol. The molecule has 3 aliphatic heterocycles. The zero-order chi connectivity index (χ0) is 21.1. The fourth-order valence-corrected chi connectivity index (χ4v) is 5.66. The molecular weight excluding hydrogens is 378 g/mol. The Bertz CT molecular complexity index is 818. The zero-order valence-electron chi connectivity index (χ0n) is 17.7. The highest BCUT2D eigenvalue weighted by molar-refractivity contribution is 5.94. The lowest BCUT2D eigenvalue weighted by Crippen LogP contribution is -2.66. The van der Waals surface area contributed by atoms with Crippen LogP contribution >= 0.6 is 0 Å². The van der Waals surface area contributed by atoms with E-state index in [1.54, 1.807) is 12.1 Å². The molecule has 4 rings (SSSR count). The molecule has 0 spiro atoms. The van der Waals surface area contributed by atoms with Crippen molar-refractivity contribution in [3.8, 4) is 6.07 Å². The van der Waals surface area contributed by atoms with Crippen LogP contribution in [-0.4, -0.2) is 64.9 Å². The van der Waals surface area contributed by atoms with Gasteiger partial charge in [0.15, 0.2) is 0 Å². The number of hydrogen-bond acceptors (Lipinski definition) is 5. The zero-order valence-corrected chi connectivity index (χ0v) is 17.7. The van der Waals surface area contributed by atoms with Crippen molar-refractivity contribution in [3.63, 3.8) is 0 Å². The Kier molecular flexibility index (Phi) is 6.33. The number of amides is 2. The van der Waals surface area contributed by atoms with Gasteiger partial charge in [-0.15, -0.1) is 0 Å². The van der Waals surface area contributed by atoms with Crippen LogP contribution in [0.5, 0.6) is 0 Å². The molecule has 0 aromatic carbocycles. The summed E-state index contributed by atoms with van der Waals surface area (Å²) >= 11 is 0. The Morgan fingerprint density at radius 2 is 2.10 bits per heavy atom. The monoisotopic (exact) mass is 409 g/mol. The van der Waals surface area contributed by atoms with Crippen LogP contribution in [0.25, 0.3) is 0 Å². The fraction of sp³-hybridized carbons (Fsp3) is 0.652. The molecule has 3 aliphatic rings. The summed E-state index contributed by atoms with van der Waals surface area (Å²) in [5.41, 5.74) is 0.866. The number of carbonyl (C=O) groups excluding carboxylic acids is 2. The topological polar surface area (TPSA) is 89.3 Å². The standard InChI is InChI=1S/C23H31N5O2/c1-2-5-22(29)26-13-21-18-10-17(20-6-3-4-9-28(20)21)14-27(15-18)23(30)16-7-8-19(11-24)25-12-16/h7-8,12,17-18,20-21H,2-6,9-10,13-15H2,1H3,(H,26,29)/t17-,18-,20-,21-/m0/s1. The lowest BCUT2D eigenvalue weighted by Gasteiger charge is -2.56. The highest BCUT2D eigenvalue weighted by Gasteiger charge is 2.47. The Hall–Kier alpha value is -2.46. The minimum atomic E-state index is -0.000261. The number of hydrogen-bond donors (Lipinski definition) is 1. The van der Waals surface area contributed by atoms with E-state index in [0.29, 0.717) is 54.7 Å². The third-order valence-corrected chi connectivity index (χ3v) is 7.02. The van der Waals surface area contributed by atoms with Gasteiger partial charge in [0.05, 0.1) is 5.56 Å². The number of piperidine rings is 3. The molecule has 1 aromatic rings. The average Bonchev–Trinajstić information content (AvgIpc) is 2.78. The molecular formula is C23H31N5O2. The van der Waals surface area contributed by atoms with Crippen molar-refractivity contribution in [3.05, 3.63) is 29.6 Å². The first-order valence-electron chi connectivity index (χ1n) is 11.3. The first-order chi connectivity index (χ1) is 14.6. The molecule has 2 bridgehead atoms. The van der Waals surface area contributed by atoms with Crippen LogP contribution in [-0.2, 0) is 4.79 Å². The van der Waals surface area contributed by atoms with Gasteiger partial charge in [0, 0.05) is 44.3 Å². The summed E-state index contributed by atoms with van der Waals surface area (Å²) in [5, 5.41) is 12.1. The molecule has 1 aromatic heterocycles. The second kappa shape index (κ2) is 9.13. The molecule has 3 saturated heterocycles. The maximum absolute atomic E-state index is 13.2. The Morgan fingerprint density at radius 1 is 1.27 bits per heavy atom. The number of nitrogens with one attached hydrogen (secondary N) is 1. The largest absolute Gasteiger partial charge is 0.355 e. The maximum atomic E-state index is 13.2. The molecule has 4 heterocycles. The fourth-order valence-electron chi connectivity index (χ4n) is 5.66. The van der Waals surface area contributed by atoms with Gasteiger partial charge in [0.2, 0.25) is 5.91 Å². The van der Waals surface area contributed by atoms with Gasteiger partial charge < -0.3 is 10.2 Å². The van der Waals surface area contributed by atoms with Crippen LogP contribution < -0.4 is 5.32 Å². The van der Waals surface area contributed by atoms with E-state index in [-0.39, 0.29) is 11.8 Å². The number of likely N-dealkylation sites (tertiary alicyclic amines) is 1. The van der Waals surface area contributed by atoms with Crippen molar-refractivity contribution in [1.29, 1.82) is 5.26 Å². The molecule has 0 aliphatic carbocycles. The molecule has 4 atom stereocenters. The SMILES string of the molecule is CCCC(=O)NC[C@H]1[C@H]2C[C@@H](CN(C(=O)c3ccc(C#N)nc3)C2)[C@@H]2CCCCN21. The molecule has 0 radical (unpaired) electrons. The highest BCUT2D eigenvalue weighted by atomic mass is 16.2. The van der Waals surface area contributed by atoms with Gasteiger partial charge in [-0.3, -0.25) is 14.5 Å². The minimum absolute atomic E-state index is 0.000261. The van der Waals surface area contributed by atoms with Gasteiger partial charge in [0.1, 0.15) is 11.8 Å². The predicted molar refractivity (Wildman–Crippen MR) is 113 cm³/mol. The molecule has 7 heteroatoms. The van der Waals surface area contributed by atoms with Crippen LogP contribution in [0.2, 0.25) is 0 Å². The number of nitriles is 1. The van der Waals surface area contributed by atoms with Crippen LogP contribution in [0.3, 0.4) is 0 Å². The number of pyridine rings is 1. The van der Waals surface area contributed by atoms with E-state index in [4.69, 9.17) is 5.26 Å². The summed E-state index contributed by atoms with van der Waals surface area (Å²) in [7, 11) is 0. The molecule has 0 unspecified atom stereocenters. The molecule has 0 saturated carbocycles. The highest BCUT2D eigenvalue weighted by Crippen LogP contribution is 2.41. The third kappa shape index (κ3) is 4.20. The van der Waals surface area contributed by atoms with E-state index in [9.17, 15) is 9.59 Å². The van der Waals surface area contributed by atoms with Crippen molar-refractivity contribution in [2.24, 2.45) is 11.8 Å². The number of nitrogens with zero attached hydrogens (tertiary/aromatic N) is 4. The van der Waals surface area contributed by atoms with Gasteiger partial charge >= 0.3 is 0 Å². The van der Waals surface area contributed by atoms with E-state index in [2.05, 4.69) is 15.2 Å². The van der Waals surface area contributed by atoms with E-state index in [0.717, 1.165) is 25.9 Å². The summed E-state index contributed by atoms with van der Waals surface area (Å²) in [6.07, 6.45) is 7.71. The summed E-state index contributed by atoms with van der Waals surface area (Å²) in [6, 6.07) is 6.10. The second-order valence-corrected chi connectivity index (χ2v) is 8.93. The number of carbonyl (C=O) groups is 2. The summed E-state index contributed by atoms with van der Waals surface area (Å²) < 4.78 is 0. The smallest absolute Gasteiger partial charge is 0.255 e. The molecule has 7 nitrogen and oxygen atoms in total. The number of aromatic nitrogens is 1. The van der Waals surface area contributed by atoms with Gasteiger partial charge in [-0.2, -0.15) is 5.26 Å². The van der Waals surface area contributed by atoms with Gasteiger partial charge in [-0.1, -0.05) is 13.3 Å². The second-order valence-electron chi connectivity index (χ2n) is 8.93. The lowest BCUT2D eigenvalue weighted by molar-refractivity contribution is -0.122. The summed E-state index contributed by atoms with van der Waals surface area (Å²) in [6.45, 7) is 5.29. The summed E-state index contributed by atoms with van der Waals surface area (Å²) in [5.74, 6) is 0.984. The van der Waals surface area contributed by atoms with E-state index in [1.165, 1.54) is 25.5 Å². The molecule has 1 N–H and O–H groups in total. The summed E-state index contributed by atoms with van der Waals surface area (Å²) in [4.78, 5) is 34.0.